The van der Waals surface area contributed by atoms with Crippen molar-refractivity contribution < 1.29 is 17.6 Å². The largest absolute Gasteiger partial charge is 0.273 e. The van der Waals surface area contributed by atoms with E-state index < -0.39 is 15.7 Å². The number of amides is 1. The number of halogens is 1. The molecule has 24 heavy (non-hydrogen) atoms. The molecule has 0 bridgehead atoms. The van der Waals surface area contributed by atoms with Crippen molar-refractivity contribution in [2.45, 2.75) is 17.7 Å². The molecule has 1 amide bonds. The van der Waals surface area contributed by atoms with Gasteiger partial charge in [0.1, 0.15) is 5.82 Å². The molecule has 1 aliphatic heterocycles. The van der Waals surface area contributed by atoms with E-state index in [1.807, 2.05) is 30.3 Å². The fraction of sp³-hybridized carbons (Fsp3) is 0.176. The van der Waals surface area contributed by atoms with Crippen LogP contribution in [0.1, 0.15) is 17.5 Å². The molecule has 1 heterocycles. The van der Waals surface area contributed by atoms with Gasteiger partial charge in [-0.2, -0.15) is 5.10 Å². The predicted octanol–water partition coefficient (Wildman–Crippen LogP) is 2.07. The van der Waals surface area contributed by atoms with Crippen molar-refractivity contribution in [2.75, 3.05) is 5.75 Å². The molecular formula is C17H15FN2O3S. The van der Waals surface area contributed by atoms with Crippen molar-refractivity contribution in [2.24, 2.45) is 5.10 Å². The lowest BCUT2D eigenvalue weighted by molar-refractivity contribution is -0.120. The summed E-state index contributed by atoms with van der Waals surface area (Å²) in [5.41, 5.74) is 3.83. The van der Waals surface area contributed by atoms with E-state index in [4.69, 9.17) is 0 Å². The van der Waals surface area contributed by atoms with Crippen LogP contribution in [0, 0.1) is 5.82 Å². The molecule has 0 spiro atoms. The Bertz CT molecular complexity index is 909. The van der Waals surface area contributed by atoms with Crippen LogP contribution in [-0.4, -0.2) is 25.8 Å². The van der Waals surface area contributed by atoms with Gasteiger partial charge in [0.15, 0.2) is 9.84 Å². The van der Waals surface area contributed by atoms with Gasteiger partial charge >= 0.3 is 0 Å². The smallest absolute Gasteiger partial charge is 0.244 e. The van der Waals surface area contributed by atoms with Crippen LogP contribution in [-0.2, 0) is 21.1 Å². The number of fused-ring (bicyclic) bond motifs is 1. The maximum Gasteiger partial charge on any atom is 0.244 e. The quantitative estimate of drug-likeness (QED) is 0.683. The Balaban J connectivity index is 1.81. The first-order chi connectivity index (χ1) is 11.5. The fourth-order valence-corrected chi connectivity index (χ4v) is 4.01. The zero-order valence-electron chi connectivity index (χ0n) is 12.7. The first kappa shape index (κ1) is 16.3. The molecular weight excluding hydrogens is 331 g/mol. The van der Waals surface area contributed by atoms with E-state index >= 15 is 0 Å². The first-order valence-electron chi connectivity index (χ1n) is 7.38. The molecule has 3 rings (SSSR count). The molecule has 1 N–H and O–H groups in total. The predicted molar refractivity (Wildman–Crippen MR) is 87.9 cm³/mol. The molecule has 5 nitrogen and oxygen atoms in total. The summed E-state index contributed by atoms with van der Waals surface area (Å²) in [6.07, 6.45) is 0.288. The third-order valence-electron chi connectivity index (χ3n) is 3.72. The highest BCUT2D eigenvalue weighted by atomic mass is 32.2. The van der Waals surface area contributed by atoms with Crippen LogP contribution in [0.4, 0.5) is 4.39 Å². The lowest BCUT2D eigenvalue weighted by Gasteiger charge is -2.18. The maximum absolute atomic E-state index is 13.5. The van der Waals surface area contributed by atoms with Gasteiger partial charge in [0, 0.05) is 12.0 Å². The molecule has 0 saturated carbocycles. The van der Waals surface area contributed by atoms with E-state index in [1.165, 1.54) is 6.07 Å². The van der Waals surface area contributed by atoms with E-state index in [1.54, 1.807) is 0 Å². The molecule has 0 saturated heterocycles. The van der Waals surface area contributed by atoms with Crippen LogP contribution in [0.2, 0.25) is 0 Å². The van der Waals surface area contributed by atoms with Crippen molar-refractivity contribution in [3.63, 3.8) is 0 Å². The summed E-state index contributed by atoms with van der Waals surface area (Å²) in [5.74, 6) is -0.979. The normalized spacial score (nSPS) is 17.3. The van der Waals surface area contributed by atoms with Gasteiger partial charge in [-0.1, -0.05) is 30.3 Å². The number of carbonyl (C=O) groups excluding carboxylic acids is 1. The standard InChI is InChI=1S/C17H15FN2O3S/c18-13-6-7-16-14(11-13)15(8-9-24(16,22)23)19-20-17(21)10-12-4-2-1-3-5-12/h1-7,11H,8-10H2,(H,20,21)/b19-15-. The second kappa shape index (κ2) is 6.52. The van der Waals surface area contributed by atoms with E-state index in [2.05, 4.69) is 10.5 Å². The van der Waals surface area contributed by atoms with Crippen molar-refractivity contribution >= 4 is 21.5 Å². The van der Waals surface area contributed by atoms with Crippen molar-refractivity contribution in [3.8, 4) is 0 Å². The number of nitrogens with zero attached hydrogens (tertiary/aromatic N) is 1. The summed E-state index contributed by atoms with van der Waals surface area (Å²) >= 11 is 0. The third kappa shape index (κ3) is 3.51. The fourth-order valence-electron chi connectivity index (χ4n) is 2.54. The summed E-state index contributed by atoms with van der Waals surface area (Å²) in [7, 11) is -3.44. The molecule has 1 aliphatic rings. The summed E-state index contributed by atoms with van der Waals surface area (Å²) < 4.78 is 37.6. The SMILES string of the molecule is O=C(Cc1ccccc1)N/N=C1/CCS(=O)(=O)c2ccc(F)cc21. The van der Waals surface area contributed by atoms with Gasteiger partial charge in [0.2, 0.25) is 5.91 Å². The minimum absolute atomic E-state index is 0.0474. The van der Waals surface area contributed by atoms with Gasteiger partial charge in [-0.15, -0.1) is 0 Å². The Labute approximate surface area is 139 Å². The number of carbonyl (C=O) groups is 1. The average molecular weight is 346 g/mol. The number of sulfone groups is 1. The number of benzene rings is 2. The molecule has 0 aromatic heterocycles. The van der Waals surface area contributed by atoms with E-state index in [9.17, 15) is 17.6 Å². The molecule has 2 aromatic carbocycles. The maximum atomic E-state index is 13.5. The van der Waals surface area contributed by atoms with Crippen LogP contribution in [0.15, 0.2) is 58.5 Å². The topological polar surface area (TPSA) is 75.6 Å². The van der Waals surface area contributed by atoms with E-state index in [-0.39, 0.29) is 35.0 Å². The number of rotatable bonds is 3. The number of hydrazone groups is 1. The molecule has 0 aliphatic carbocycles. The minimum Gasteiger partial charge on any atom is -0.273 e. The lowest BCUT2D eigenvalue weighted by Crippen LogP contribution is -2.27. The second-order valence-electron chi connectivity index (χ2n) is 5.47. The monoisotopic (exact) mass is 346 g/mol. The van der Waals surface area contributed by atoms with Gasteiger partial charge in [-0.05, 0) is 23.8 Å². The van der Waals surface area contributed by atoms with Crippen LogP contribution in [0.25, 0.3) is 0 Å². The first-order valence-corrected chi connectivity index (χ1v) is 9.03. The van der Waals surface area contributed by atoms with E-state index in [0.29, 0.717) is 5.71 Å². The Morgan fingerprint density at radius 2 is 1.92 bits per heavy atom. The summed E-state index contributed by atoms with van der Waals surface area (Å²) in [5, 5.41) is 4.01. The van der Waals surface area contributed by atoms with Gasteiger partial charge in [-0.25, -0.2) is 18.2 Å². The highest BCUT2D eigenvalue weighted by Gasteiger charge is 2.28. The molecule has 2 aromatic rings. The third-order valence-corrected chi connectivity index (χ3v) is 5.49. The van der Waals surface area contributed by atoms with Gasteiger partial charge < -0.3 is 0 Å². The van der Waals surface area contributed by atoms with Crippen molar-refractivity contribution in [3.05, 3.63) is 65.5 Å². The van der Waals surface area contributed by atoms with Gasteiger partial charge in [-0.3, -0.25) is 4.79 Å². The number of nitrogens with one attached hydrogen (secondary N) is 1. The minimum atomic E-state index is -3.44. The van der Waals surface area contributed by atoms with Crippen LogP contribution in [0.5, 0.6) is 0 Å². The molecule has 0 radical (unpaired) electrons. The zero-order chi connectivity index (χ0) is 17.2. The van der Waals surface area contributed by atoms with Crippen molar-refractivity contribution in [1.29, 1.82) is 0 Å². The van der Waals surface area contributed by atoms with E-state index in [0.717, 1.165) is 17.7 Å². The molecule has 0 fully saturated rings. The summed E-state index contributed by atoms with van der Waals surface area (Å²) in [6.45, 7) is 0. The average Bonchev–Trinajstić information content (AvgIpc) is 2.55. The second-order valence-corrected chi connectivity index (χ2v) is 7.54. The molecule has 0 atom stereocenters. The molecule has 7 heteroatoms. The molecule has 124 valence electrons. The lowest BCUT2D eigenvalue weighted by atomic mass is 10.1. The highest BCUT2D eigenvalue weighted by Crippen LogP contribution is 2.26. The number of hydrogen-bond acceptors (Lipinski definition) is 4. The highest BCUT2D eigenvalue weighted by molar-refractivity contribution is 7.91. The summed E-state index contributed by atoms with van der Waals surface area (Å²) in [4.78, 5) is 12.0. The van der Waals surface area contributed by atoms with Gasteiger partial charge in [0.05, 0.1) is 22.8 Å². The van der Waals surface area contributed by atoms with Crippen molar-refractivity contribution in [1.82, 2.24) is 5.43 Å². The Morgan fingerprint density at radius 1 is 1.17 bits per heavy atom. The Kier molecular flexibility index (Phi) is 4.44. The van der Waals surface area contributed by atoms with Crippen LogP contribution in [0.3, 0.4) is 0 Å². The zero-order valence-corrected chi connectivity index (χ0v) is 13.5. The van der Waals surface area contributed by atoms with Gasteiger partial charge in [0.25, 0.3) is 0 Å². The Morgan fingerprint density at radius 3 is 2.67 bits per heavy atom. The van der Waals surface area contributed by atoms with Crippen LogP contribution >= 0.6 is 0 Å². The number of hydrogen-bond donors (Lipinski definition) is 1. The van der Waals surface area contributed by atoms with Crippen LogP contribution < -0.4 is 5.43 Å². The molecule has 0 unspecified atom stereocenters. The summed E-state index contributed by atoms with van der Waals surface area (Å²) in [6, 6.07) is 12.6. The Hall–Kier alpha value is -2.54.